The van der Waals surface area contributed by atoms with Gasteiger partial charge in [0.1, 0.15) is 5.82 Å². The van der Waals surface area contributed by atoms with Gasteiger partial charge in [-0.05, 0) is 29.8 Å². The molecule has 1 aliphatic heterocycles. The van der Waals surface area contributed by atoms with E-state index in [0.717, 1.165) is 10.0 Å². The van der Waals surface area contributed by atoms with E-state index in [0.29, 0.717) is 23.2 Å². The maximum absolute atomic E-state index is 14.1. The molecular formula is C15H12BrClFN3. The minimum Gasteiger partial charge on any atom is -0.369 e. The minimum absolute atomic E-state index is 0.159. The van der Waals surface area contributed by atoms with Gasteiger partial charge in [0.15, 0.2) is 5.96 Å². The van der Waals surface area contributed by atoms with Gasteiger partial charge in [-0.15, -0.1) is 0 Å². The van der Waals surface area contributed by atoms with Gasteiger partial charge in [0.05, 0.1) is 18.3 Å². The third-order valence-corrected chi connectivity index (χ3v) is 4.34. The molecule has 0 bridgehead atoms. The maximum Gasteiger partial charge on any atom is 0.196 e. The Labute approximate surface area is 135 Å². The van der Waals surface area contributed by atoms with Crippen LogP contribution >= 0.6 is 27.5 Å². The topological polar surface area (TPSA) is 41.6 Å². The van der Waals surface area contributed by atoms with Crippen molar-refractivity contribution in [2.45, 2.75) is 6.04 Å². The van der Waals surface area contributed by atoms with Gasteiger partial charge >= 0.3 is 0 Å². The maximum atomic E-state index is 14.1. The molecule has 1 heterocycles. The fourth-order valence-corrected chi connectivity index (χ4v) is 3.39. The average Bonchev–Trinajstić information content (AvgIpc) is 2.81. The summed E-state index contributed by atoms with van der Waals surface area (Å²) in [5, 5.41) is 0.634. The lowest BCUT2D eigenvalue weighted by atomic mass is 10.1. The van der Waals surface area contributed by atoms with E-state index in [2.05, 4.69) is 20.9 Å². The summed E-state index contributed by atoms with van der Waals surface area (Å²) < 4.78 is 14.9. The second-order valence-electron chi connectivity index (χ2n) is 4.70. The highest BCUT2D eigenvalue weighted by Gasteiger charge is 2.31. The smallest absolute Gasteiger partial charge is 0.196 e. The molecule has 2 aromatic rings. The third-order valence-electron chi connectivity index (χ3n) is 3.42. The first-order valence-electron chi connectivity index (χ1n) is 6.36. The van der Waals surface area contributed by atoms with Crippen LogP contribution in [0.15, 0.2) is 51.9 Å². The Morgan fingerprint density at radius 2 is 2.05 bits per heavy atom. The standard InChI is InChI=1S/C15H12BrClFN3/c16-11-7-9(17)5-6-10(11)14-8-20-15(19)21(14)13-4-2-1-3-12(13)18/h1-7,14H,8H2,(H2,19,20). The molecule has 0 aliphatic carbocycles. The normalized spacial score (nSPS) is 18.0. The second-order valence-corrected chi connectivity index (χ2v) is 5.99. The van der Waals surface area contributed by atoms with Gasteiger partial charge in [-0.3, -0.25) is 4.99 Å². The lowest BCUT2D eigenvalue weighted by Gasteiger charge is -2.27. The highest BCUT2D eigenvalue weighted by atomic mass is 79.9. The van der Waals surface area contributed by atoms with Gasteiger partial charge in [-0.25, -0.2) is 4.39 Å². The lowest BCUT2D eigenvalue weighted by molar-refractivity contribution is 0.619. The van der Waals surface area contributed by atoms with Crippen LogP contribution < -0.4 is 10.6 Å². The number of hydrogen-bond donors (Lipinski definition) is 1. The molecule has 0 spiro atoms. The van der Waals surface area contributed by atoms with Gasteiger partial charge in [-0.1, -0.05) is 45.7 Å². The summed E-state index contributed by atoms with van der Waals surface area (Å²) in [4.78, 5) is 5.97. The Morgan fingerprint density at radius 3 is 2.76 bits per heavy atom. The zero-order valence-corrected chi connectivity index (χ0v) is 13.3. The van der Waals surface area contributed by atoms with Crippen molar-refractivity contribution in [3.8, 4) is 0 Å². The zero-order valence-electron chi connectivity index (χ0n) is 10.9. The Bertz CT molecular complexity index is 720. The molecule has 2 aromatic carbocycles. The zero-order chi connectivity index (χ0) is 15.0. The molecule has 2 N–H and O–H groups in total. The molecule has 0 saturated carbocycles. The van der Waals surface area contributed by atoms with Crippen LogP contribution in [0.1, 0.15) is 11.6 Å². The molecule has 3 nitrogen and oxygen atoms in total. The molecule has 3 rings (SSSR count). The number of rotatable bonds is 2. The Kier molecular flexibility index (Phi) is 3.87. The monoisotopic (exact) mass is 367 g/mol. The van der Waals surface area contributed by atoms with Gasteiger partial charge in [-0.2, -0.15) is 0 Å². The van der Waals surface area contributed by atoms with E-state index >= 15 is 0 Å². The second kappa shape index (κ2) is 5.66. The van der Waals surface area contributed by atoms with Crippen molar-refractivity contribution in [1.82, 2.24) is 0 Å². The van der Waals surface area contributed by atoms with Gasteiger partial charge in [0, 0.05) is 9.50 Å². The average molecular weight is 369 g/mol. The SMILES string of the molecule is NC1=NCC(c2ccc(Cl)cc2Br)N1c1ccccc1F. The van der Waals surface area contributed by atoms with E-state index in [4.69, 9.17) is 17.3 Å². The van der Waals surface area contributed by atoms with Crippen LogP contribution in [-0.4, -0.2) is 12.5 Å². The van der Waals surface area contributed by atoms with Crippen LogP contribution in [0, 0.1) is 5.82 Å². The number of guanidine groups is 1. The molecule has 1 unspecified atom stereocenters. The van der Waals surface area contributed by atoms with E-state index in [1.807, 2.05) is 12.1 Å². The van der Waals surface area contributed by atoms with Crippen LogP contribution in [0.3, 0.4) is 0 Å². The van der Waals surface area contributed by atoms with Crippen molar-refractivity contribution < 1.29 is 4.39 Å². The van der Waals surface area contributed by atoms with Crippen LogP contribution in [0.2, 0.25) is 5.02 Å². The number of nitrogens with zero attached hydrogens (tertiary/aromatic N) is 2. The molecule has 21 heavy (non-hydrogen) atoms. The Balaban J connectivity index is 2.05. The number of benzene rings is 2. The predicted molar refractivity (Wildman–Crippen MR) is 87.3 cm³/mol. The molecule has 6 heteroatoms. The number of halogens is 3. The summed E-state index contributed by atoms with van der Waals surface area (Å²) in [5.74, 6) is -0.0143. The number of para-hydroxylation sites is 1. The Morgan fingerprint density at radius 1 is 1.29 bits per heavy atom. The molecule has 1 atom stereocenters. The molecule has 0 fully saturated rings. The molecule has 0 saturated heterocycles. The summed E-state index contributed by atoms with van der Waals surface area (Å²) in [6, 6.07) is 11.9. The number of aliphatic imine (C=N–C) groups is 1. The van der Waals surface area contributed by atoms with Crippen LogP contribution in [0.25, 0.3) is 0 Å². The summed E-state index contributed by atoms with van der Waals surface area (Å²) >= 11 is 9.47. The third kappa shape index (κ3) is 2.63. The summed E-state index contributed by atoms with van der Waals surface area (Å²) in [5.41, 5.74) is 7.34. The fourth-order valence-electron chi connectivity index (χ4n) is 2.45. The fraction of sp³-hybridized carbons (Fsp3) is 0.133. The quantitative estimate of drug-likeness (QED) is 0.866. The van der Waals surface area contributed by atoms with Crippen LogP contribution in [0.5, 0.6) is 0 Å². The molecule has 0 radical (unpaired) electrons. The van der Waals surface area contributed by atoms with Gasteiger partial charge in [0.2, 0.25) is 0 Å². The first-order valence-corrected chi connectivity index (χ1v) is 7.53. The van der Waals surface area contributed by atoms with Crippen molar-refractivity contribution in [3.63, 3.8) is 0 Å². The first-order chi connectivity index (χ1) is 10.1. The molecule has 0 aromatic heterocycles. The van der Waals surface area contributed by atoms with Crippen molar-refractivity contribution in [2.24, 2.45) is 10.7 Å². The number of anilines is 1. The number of hydrogen-bond acceptors (Lipinski definition) is 3. The molecule has 108 valence electrons. The summed E-state index contributed by atoms with van der Waals surface area (Å²) in [7, 11) is 0. The van der Waals surface area contributed by atoms with Gasteiger partial charge in [0.25, 0.3) is 0 Å². The summed E-state index contributed by atoms with van der Waals surface area (Å²) in [6.07, 6.45) is 0. The number of nitrogens with two attached hydrogens (primary N) is 1. The molecular weight excluding hydrogens is 357 g/mol. The van der Waals surface area contributed by atoms with E-state index < -0.39 is 0 Å². The first kappa shape index (κ1) is 14.4. The largest absolute Gasteiger partial charge is 0.369 e. The summed E-state index contributed by atoms with van der Waals surface area (Å²) in [6.45, 7) is 0.473. The van der Waals surface area contributed by atoms with E-state index in [-0.39, 0.29) is 11.9 Å². The highest BCUT2D eigenvalue weighted by molar-refractivity contribution is 9.10. The van der Waals surface area contributed by atoms with Gasteiger partial charge < -0.3 is 10.6 Å². The lowest BCUT2D eigenvalue weighted by Crippen LogP contribution is -2.36. The molecule has 0 amide bonds. The van der Waals surface area contributed by atoms with Crippen molar-refractivity contribution in [1.29, 1.82) is 0 Å². The van der Waals surface area contributed by atoms with Crippen molar-refractivity contribution >= 4 is 39.2 Å². The highest BCUT2D eigenvalue weighted by Crippen LogP contribution is 2.36. The van der Waals surface area contributed by atoms with Crippen LogP contribution in [-0.2, 0) is 0 Å². The van der Waals surface area contributed by atoms with Crippen molar-refractivity contribution in [2.75, 3.05) is 11.4 Å². The van der Waals surface area contributed by atoms with E-state index in [9.17, 15) is 4.39 Å². The predicted octanol–water partition coefficient (Wildman–Crippen LogP) is 4.12. The van der Waals surface area contributed by atoms with E-state index in [1.54, 1.807) is 29.2 Å². The van der Waals surface area contributed by atoms with Crippen molar-refractivity contribution in [3.05, 3.63) is 63.3 Å². The minimum atomic E-state index is -0.326. The van der Waals surface area contributed by atoms with E-state index in [1.165, 1.54) is 6.07 Å². The Hall–Kier alpha value is -1.59. The molecule has 1 aliphatic rings. The van der Waals surface area contributed by atoms with Crippen LogP contribution in [0.4, 0.5) is 10.1 Å².